The molecule has 2 nitrogen and oxygen atoms in total. The fourth-order valence-corrected chi connectivity index (χ4v) is 2.46. The molecule has 1 saturated heterocycles. The summed E-state index contributed by atoms with van der Waals surface area (Å²) in [5, 5.41) is 8.66. The quantitative estimate of drug-likeness (QED) is 0.497. The standard InChI is InChI=1S/C12H26NO.BrH/c1-13(10-6-4-7-11-13)9-5-2-3-8-12-14;/h14H,2-12H2,1H3;1H/q+1;/p-1. The van der Waals surface area contributed by atoms with Gasteiger partial charge in [0.05, 0.1) is 26.7 Å². The average molecular weight is 280 g/mol. The summed E-state index contributed by atoms with van der Waals surface area (Å²) in [5.74, 6) is 0. The summed E-state index contributed by atoms with van der Waals surface area (Å²) in [7, 11) is 2.41. The van der Waals surface area contributed by atoms with Crippen LogP contribution in [0.5, 0.6) is 0 Å². The number of rotatable bonds is 6. The van der Waals surface area contributed by atoms with Crippen molar-refractivity contribution in [3.05, 3.63) is 0 Å². The maximum absolute atomic E-state index is 8.66. The minimum atomic E-state index is 0. The summed E-state index contributed by atoms with van der Waals surface area (Å²) in [6.07, 6.45) is 9.13. The van der Waals surface area contributed by atoms with E-state index in [-0.39, 0.29) is 17.0 Å². The molecule has 0 spiro atoms. The van der Waals surface area contributed by atoms with Gasteiger partial charge >= 0.3 is 0 Å². The molecule has 0 saturated carbocycles. The fraction of sp³-hybridized carbons (Fsp3) is 1.00. The van der Waals surface area contributed by atoms with Gasteiger partial charge in [0, 0.05) is 6.61 Å². The largest absolute Gasteiger partial charge is 1.00 e. The number of unbranched alkanes of at least 4 members (excludes halogenated alkanes) is 3. The number of aliphatic hydroxyl groups is 1. The third-order valence-electron chi connectivity index (χ3n) is 3.50. The van der Waals surface area contributed by atoms with E-state index in [1.807, 2.05) is 0 Å². The maximum Gasteiger partial charge on any atom is 0.0784 e. The molecule has 15 heavy (non-hydrogen) atoms. The Hall–Kier alpha value is 0.400. The molecule has 0 radical (unpaired) electrons. The second-order valence-corrected chi connectivity index (χ2v) is 4.99. The molecule has 0 aromatic rings. The molecule has 3 heteroatoms. The first kappa shape index (κ1) is 15.4. The summed E-state index contributed by atoms with van der Waals surface area (Å²) in [4.78, 5) is 0. The van der Waals surface area contributed by atoms with E-state index >= 15 is 0 Å². The molecule has 1 fully saturated rings. The van der Waals surface area contributed by atoms with E-state index in [0.717, 1.165) is 6.42 Å². The zero-order valence-corrected chi connectivity index (χ0v) is 11.6. The summed E-state index contributed by atoms with van der Waals surface area (Å²) >= 11 is 0. The molecular formula is C12H26BrNO. The Bertz CT molecular complexity index is 147. The topological polar surface area (TPSA) is 20.2 Å². The number of quaternary nitrogens is 1. The molecule has 1 rings (SSSR count). The fourth-order valence-electron chi connectivity index (χ4n) is 2.46. The number of hydrogen-bond donors (Lipinski definition) is 1. The smallest absolute Gasteiger partial charge is 0.0784 e. The molecule has 0 unspecified atom stereocenters. The highest BCUT2D eigenvalue weighted by Crippen LogP contribution is 2.17. The maximum atomic E-state index is 8.66. The van der Waals surface area contributed by atoms with Crippen molar-refractivity contribution in [2.24, 2.45) is 0 Å². The van der Waals surface area contributed by atoms with E-state index < -0.39 is 0 Å². The van der Waals surface area contributed by atoms with Crippen molar-refractivity contribution in [2.75, 3.05) is 33.3 Å². The molecule has 1 heterocycles. The van der Waals surface area contributed by atoms with Gasteiger partial charge in [-0.1, -0.05) is 6.42 Å². The number of nitrogens with zero attached hydrogens (tertiary/aromatic N) is 1. The molecule has 0 bridgehead atoms. The SMILES string of the molecule is C[N+]1(CCCCCCO)CCCCC1.[Br-]. The Balaban J connectivity index is 0.00000196. The third-order valence-corrected chi connectivity index (χ3v) is 3.50. The van der Waals surface area contributed by atoms with Crippen molar-refractivity contribution in [2.45, 2.75) is 44.9 Å². The highest BCUT2D eigenvalue weighted by atomic mass is 79.9. The molecule has 1 aliphatic heterocycles. The summed E-state index contributed by atoms with van der Waals surface area (Å²) < 4.78 is 1.30. The molecule has 0 aromatic carbocycles. The Morgan fingerprint density at radius 1 is 0.933 bits per heavy atom. The van der Waals surface area contributed by atoms with E-state index in [2.05, 4.69) is 7.05 Å². The van der Waals surface area contributed by atoms with Crippen LogP contribution in [0.2, 0.25) is 0 Å². The normalized spacial score (nSPS) is 19.6. The Morgan fingerprint density at radius 2 is 1.53 bits per heavy atom. The van der Waals surface area contributed by atoms with Gasteiger partial charge in [0.1, 0.15) is 0 Å². The van der Waals surface area contributed by atoms with E-state index in [9.17, 15) is 0 Å². The van der Waals surface area contributed by atoms with Gasteiger partial charge in [0.2, 0.25) is 0 Å². The van der Waals surface area contributed by atoms with Gasteiger partial charge in [-0.3, -0.25) is 0 Å². The summed E-state index contributed by atoms with van der Waals surface area (Å²) in [5.41, 5.74) is 0. The van der Waals surface area contributed by atoms with Gasteiger partial charge in [-0.2, -0.15) is 0 Å². The molecule has 0 atom stereocenters. The van der Waals surface area contributed by atoms with Gasteiger partial charge in [-0.05, 0) is 38.5 Å². The Morgan fingerprint density at radius 3 is 2.13 bits per heavy atom. The van der Waals surface area contributed by atoms with Crippen molar-refractivity contribution < 1.29 is 26.6 Å². The van der Waals surface area contributed by atoms with E-state index in [1.165, 1.54) is 62.6 Å². The van der Waals surface area contributed by atoms with E-state index in [4.69, 9.17) is 5.11 Å². The Kier molecular flexibility index (Phi) is 8.77. The van der Waals surface area contributed by atoms with E-state index in [1.54, 1.807) is 0 Å². The second kappa shape index (κ2) is 8.54. The van der Waals surface area contributed by atoms with Crippen molar-refractivity contribution >= 4 is 0 Å². The molecular weight excluding hydrogens is 254 g/mol. The first-order valence-corrected chi connectivity index (χ1v) is 6.21. The van der Waals surface area contributed by atoms with Crippen molar-refractivity contribution in [1.29, 1.82) is 0 Å². The first-order valence-electron chi connectivity index (χ1n) is 6.21. The number of hydrogen-bond acceptors (Lipinski definition) is 1. The van der Waals surface area contributed by atoms with Crippen LogP contribution in [-0.2, 0) is 0 Å². The van der Waals surface area contributed by atoms with Crippen LogP contribution >= 0.6 is 0 Å². The lowest BCUT2D eigenvalue weighted by Gasteiger charge is -2.37. The van der Waals surface area contributed by atoms with Crippen LogP contribution in [0.15, 0.2) is 0 Å². The minimum Gasteiger partial charge on any atom is -1.00 e. The van der Waals surface area contributed by atoms with Gasteiger partial charge < -0.3 is 26.6 Å². The minimum absolute atomic E-state index is 0. The number of halogens is 1. The third kappa shape index (κ3) is 6.54. The van der Waals surface area contributed by atoms with Crippen LogP contribution < -0.4 is 17.0 Å². The van der Waals surface area contributed by atoms with E-state index in [0.29, 0.717) is 6.61 Å². The lowest BCUT2D eigenvalue weighted by Crippen LogP contribution is -3.00. The molecule has 1 aliphatic rings. The van der Waals surface area contributed by atoms with Crippen LogP contribution in [0.25, 0.3) is 0 Å². The predicted octanol–water partition coefficient (Wildman–Crippen LogP) is -0.826. The van der Waals surface area contributed by atoms with Crippen LogP contribution in [0.4, 0.5) is 0 Å². The Labute approximate surface area is 105 Å². The number of piperidine rings is 1. The van der Waals surface area contributed by atoms with Gasteiger partial charge in [0.15, 0.2) is 0 Å². The van der Waals surface area contributed by atoms with Crippen molar-refractivity contribution in [1.82, 2.24) is 0 Å². The molecule has 0 amide bonds. The monoisotopic (exact) mass is 279 g/mol. The van der Waals surface area contributed by atoms with Gasteiger partial charge in [0.25, 0.3) is 0 Å². The lowest BCUT2D eigenvalue weighted by molar-refractivity contribution is -0.914. The average Bonchev–Trinajstić information content (AvgIpc) is 2.18. The molecule has 0 aromatic heterocycles. The summed E-state index contributed by atoms with van der Waals surface area (Å²) in [6, 6.07) is 0. The second-order valence-electron chi connectivity index (χ2n) is 4.99. The van der Waals surface area contributed by atoms with Crippen molar-refractivity contribution in [3.63, 3.8) is 0 Å². The van der Waals surface area contributed by atoms with Crippen LogP contribution in [0, 0.1) is 0 Å². The highest BCUT2D eigenvalue weighted by molar-refractivity contribution is 4.52. The number of aliphatic hydroxyl groups excluding tert-OH is 1. The molecule has 0 aliphatic carbocycles. The predicted molar refractivity (Wildman–Crippen MR) is 60.2 cm³/mol. The zero-order valence-electron chi connectivity index (χ0n) is 10.1. The zero-order chi connectivity index (χ0) is 10.3. The van der Waals surface area contributed by atoms with Crippen molar-refractivity contribution in [3.8, 4) is 0 Å². The first-order chi connectivity index (χ1) is 6.77. The van der Waals surface area contributed by atoms with Gasteiger partial charge in [-0.25, -0.2) is 0 Å². The van der Waals surface area contributed by atoms with Crippen LogP contribution in [-0.4, -0.2) is 42.9 Å². The van der Waals surface area contributed by atoms with Crippen LogP contribution in [0.1, 0.15) is 44.9 Å². The molecule has 92 valence electrons. The summed E-state index contributed by atoms with van der Waals surface area (Å²) in [6.45, 7) is 4.50. The van der Waals surface area contributed by atoms with Gasteiger partial charge in [-0.15, -0.1) is 0 Å². The molecule has 1 N–H and O–H groups in total. The number of likely N-dealkylation sites (tertiary alicyclic amines) is 1. The van der Waals surface area contributed by atoms with Crippen LogP contribution in [0.3, 0.4) is 0 Å². The lowest BCUT2D eigenvalue weighted by atomic mass is 10.1. The highest BCUT2D eigenvalue weighted by Gasteiger charge is 2.23.